The van der Waals surface area contributed by atoms with Gasteiger partial charge in [-0.15, -0.1) is 0 Å². The lowest BCUT2D eigenvalue weighted by atomic mass is 10.7. The molecule has 1 aromatic heterocycles. The van der Waals surface area contributed by atoms with Gasteiger partial charge in [-0.25, -0.2) is 0 Å². The van der Waals surface area contributed by atoms with Crippen LogP contribution in [-0.4, -0.2) is 4.57 Å². The summed E-state index contributed by atoms with van der Waals surface area (Å²) in [5.41, 5.74) is 5.26. The van der Waals surface area contributed by atoms with Crippen molar-refractivity contribution in [1.82, 2.24) is 4.57 Å². The molecule has 0 saturated carbocycles. The summed E-state index contributed by atoms with van der Waals surface area (Å²) in [5.74, 6) is 0. The summed E-state index contributed by atoms with van der Waals surface area (Å²) in [6.45, 7) is 0.576. The molecule has 0 atom stereocenters. The van der Waals surface area contributed by atoms with Gasteiger partial charge in [-0.2, -0.15) is 0 Å². The van der Waals surface area contributed by atoms with Gasteiger partial charge < -0.3 is 10.3 Å². The van der Waals surface area contributed by atoms with Crippen molar-refractivity contribution >= 4 is 0 Å². The Morgan fingerprint density at radius 3 is 2.14 bits per heavy atom. The smallest absolute Gasteiger partial charge is 0.0694 e. The first-order chi connectivity index (χ1) is 3.43. The fourth-order valence-electron chi connectivity index (χ4n) is 0.492. The van der Waals surface area contributed by atoms with Crippen LogP contribution in [0.15, 0.2) is 24.5 Å². The van der Waals surface area contributed by atoms with Gasteiger partial charge in [0.05, 0.1) is 6.67 Å². The van der Waals surface area contributed by atoms with E-state index in [1.54, 1.807) is 0 Å². The molecule has 0 aliphatic rings. The lowest BCUT2D eigenvalue weighted by Crippen LogP contribution is -2.02. The predicted molar refractivity (Wildman–Crippen MR) is 28.6 cm³/mol. The third-order valence-corrected chi connectivity index (χ3v) is 0.877. The Kier molecular flexibility index (Phi) is 1.13. The van der Waals surface area contributed by atoms with Crippen LogP contribution in [-0.2, 0) is 6.67 Å². The predicted octanol–water partition coefficient (Wildman–Crippen LogP) is 0.404. The normalized spacial score (nSPS) is 9.29. The topological polar surface area (TPSA) is 30.9 Å². The quantitative estimate of drug-likeness (QED) is 0.539. The van der Waals surface area contributed by atoms with Crippen LogP contribution in [0.25, 0.3) is 0 Å². The van der Waals surface area contributed by atoms with Gasteiger partial charge in [-0.05, 0) is 12.1 Å². The first kappa shape index (κ1) is 4.40. The Bertz CT molecular complexity index is 121. The molecule has 0 radical (unpaired) electrons. The van der Waals surface area contributed by atoms with Crippen LogP contribution in [0.2, 0.25) is 0 Å². The molecule has 0 aliphatic heterocycles. The zero-order valence-corrected chi connectivity index (χ0v) is 4.04. The summed E-state index contributed by atoms with van der Waals surface area (Å²) in [4.78, 5) is 0. The number of aromatic nitrogens is 1. The van der Waals surface area contributed by atoms with Crippen molar-refractivity contribution < 1.29 is 0 Å². The lowest BCUT2D eigenvalue weighted by molar-refractivity contribution is 0.738. The van der Waals surface area contributed by atoms with Crippen LogP contribution in [0.5, 0.6) is 0 Å². The number of hydrogen-bond acceptors (Lipinski definition) is 1. The number of nitrogens with two attached hydrogens (primary N) is 1. The molecule has 1 aromatic rings. The molecule has 0 spiro atoms. The Labute approximate surface area is 42.6 Å². The first-order valence-electron chi connectivity index (χ1n) is 2.24. The third kappa shape index (κ3) is 0.810. The van der Waals surface area contributed by atoms with E-state index >= 15 is 0 Å². The van der Waals surface area contributed by atoms with Gasteiger partial charge in [0.2, 0.25) is 0 Å². The van der Waals surface area contributed by atoms with E-state index in [2.05, 4.69) is 0 Å². The van der Waals surface area contributed by atoms with E-state index in [1.165, 1.54) is 0 Å². The summed E-state index contributed by atoms with van der Waals surface area (Å²) in [6.07, 6.45) is 3.86. The highest BCUT2D eigenvalue weighted by atomic mass is 15.0. The summed E-state index contributed by atoms with van der Waals surface area (Å²) in [7, 11) is 0. The lowest BCUT2D eigenvalue weighted by Gasteiger charge is -1.90. The molecule has 2 heteroatoms. The van der Waals surface area contributed by atoms with E-state index < -0.39 is 0 Å². The van der Waals surface area contributed by atoms with Gasteiger partial charge in [0, 0.05) is 12.4 Å². The summed E-state index contributed by atoms with van der Waals surface area (Å²) < 4.78 is 1.90. The highest BCUT2D eigenvalue weighted by Gasteiger charge is 1.75. The molecule has 38 valence electrons. The van der Waals surface area contributed by atoms with Crippen LogP contribution < -0.4 is 5.73 Å². The maximum Gasteiger partial charge on any atom is 0.0694 e. The average molecular weight is 96.1 g/mol. The molecule has 0 fully saturated rings. The maximum absolute atomic E-state index is 5.26. The molecule has 7 heavy (non-hydrogen) atoms. The number of hydrogen-bond donors (Lipinski definition) is 1. The Morgan fingerprint density at radius 1 is 1.29 bits per heavy atom. The SMILES string of the molecule is NCn1cccc1. The van der Waals surface area contributed by atoms with E-state index in [1.807, 2.05) is 29.1 Å². The molecule has 2 nitrogen and oxygen atoms in total. The number of nitrogens with zero attached hydrogens (tertiary/aromatic N) is 1. The maximum atomic E-state index is 5.26. The van der Waals surface area contributed by atoms with Crippen molar-refractivity contribution in [2.24, 2.45) is 5.73 Å². The van der Waals surface area contributed by atoms with Crippen LogP contribution in [0.1, 0.15) is 0 Å². The van der Waals surface area contributed by atoms with E-state index in [0.29, 0.717) is 6.67 Å². The molecule has 0 aromatic carbocycles. The van der Waals surface area contributed by atoms with Crippen molar-refractivity contribution in [3.8, 4) is 0 Å². The van der Waals surface area contributed by atoms with Crippen molar-refractivity contribution in [3.63, 3.8) is 0 Å². The minimum Gasteiger partial charge on any atom is -0.341 e. The van der Waals surface area contributed by atoms with Gasteiger partial charge in [-0.3, -0.25) is 0 Å². The van der Waals surface area contributed by atoms with E-state index in [0.717, 1.165) is 0 Å². The Balaban J connectivity index is 2.76. The second-order valence-electron chi connectivity index (χ2n) is 1.38. The highest BCUT2D eigenvalue weighted by molar-refractivity contribution is 4.89. The van der Waals surface area contributed by atoms with Crippen LogP contribution in [0.3, 0.4) is 0 Å². The largest absolute Gasteiger partial charge is 0.341 e. The van der Waals surface area contributed by atoms with Gasteiger partial charge in [0.25, 0.3) is 0 Å². The zero-order valence-electron chi connectivity index (χ0n) is 4.04. The van der Waals surface area contributed by atoms with Crippen molar-refractivity contribution in [1.29, 1.82) is 0 Å². The van der Waals surface area contributed by atoms with Gasteiger partial charge in [0.15, 0.2) is 0 Å². The van der Waals surface area contributed by atoms with Crippen LogP contribution >= 0.6 is 0 Å². The fourth-order valence-corrected chi connectivity index (χ4v) is 0.492. The summed E-state index contributed by atoms with van der Waals surface area (Å²) in [6, 6.07) is 3.90. The second-order valence-corrected chi connectivity index (χ2v) is 1.38. The van der Waals surface area contributed by atoms with E-state index in [-0.39, 0.29) is 0 Å². The van der Waals surface area contributed by atoms with Crippen molar-refractivity contribution in [2.45, 2.75) is 6.67 Å². The molecule has 1 heterocycles. The van der Waals surface area contributed by atoms with Crippen molar-refractivity contribution in [3.05, 3.63) is 24.5 Å². The molecule has 0 unspecified atom stereocenters. The minimum absolute atomic E-state index is 0.576. The second kappa shape index (κ2) is 1.80. The van der Waals surface area contributed by atoms with Crippen molar-refractivity contribution in [2.75, 3.05) is 0 Å². The van der Waals surface area contributed by atoms with Gasteiger partial charge >= 0.3 is 0 Å². The van der Waals surface area contributed by atoms with Crippen LogP contribution in [0.4, 0.5) is 0 Å². The van der Waals surface area contributed by atoms with Gasteiger partial charge in [-0.1, -0.05) is 0 Å². The average Bonchev–Trinajstić information content (AvgIpc) is 2.14. The summed E-state index contributed by atoms with van der Waals surface area (Å²) in [5, 5.41) is 0. The van der Waals surface area contributed by atoms with Gasteiger partial charge in [0.1, 0.15) is 0 Å². The molecule has 0 saturated heterocycles. The van der Waals surface area contributed by atoms with E-state index in [4.69, 9.17) is 5.73 Å². The number of rotatable bonds is 1. The standard InChI is InChI=1S/C5H8N2/c6-5-7-3-1-2-4-7/h1-4H,5-6H2. The fraction of sp³-hybridized carbons (Fsp3) is 0.200. The molecular formula is C5H8N2. The zero-order chi connectivity index (χ0) is 5.11. The Hall–Kier alpha value is -0.760. The minimum atomic E-state index is 0.576. The molecule has 1 rings (SSSR count). The molecular weight excluding hydrogens is 88.1 g/mol. The van der Waals surface area contributed by atoms with E-state index in [9.17, 15) is 0 Å². The van der Waals surface area contributed by atoms with Crippen LogP contribution in [0, 0.1) is 0 Å². The highest BCUT2D eigenvalue weighted by Crippen LogP contribution is 1.83. The molecule has 2 N–H and O–H groups in total. The monoisotopic (exact) mass is 96.1 g/mol. The molecule has 0 amide bonds. The Morgan fingerprint density at radius 2 is 1.86 bits per heavy atom. The molecule has 0 aliphatic carbocycles. The summed E-state index contributed by atoms with van der Waals surface area (Å²) >= 11 is 0. The third-order valence-electron chi connectivity index (χ3n) is 0.877. The first-order valence-corrected chi connectivity index (χ1v) is 2.24. The molecule has 0 bridgehead atoms.